The summed E-state index contributed by atoms with van der Waals surface area (Å²) in [5.74, 6) is 0.972. The Bertz CT molecular complexity index is 25.7. The summed E-state index contributed by atoms with van der Waals surface area (Å²) in [6.07, 6.45) is 1.00. The Kier molecular flexibility index (Phi) is 62.6. The van der Waals surface area contributed by atoms with Crippen LogP contribution in [0.5, 0.6) is 0 Å². The zero-order valence-electron chi connectivity index (χ0n) is 4.20. The van der Waals surface area contributed by atoms with E-state index in [-0.39, 0.29) is 31.1 Å². The zero-order valence-corrected chi connectivity index (χ0v) is 9.12. The van der Waals surface area contributed by atoms with Gasteiger partial charge >= 0.3 is 31.1 Å². The number of carbonyl (C=O) groups excluding carboxylic acids is 1. The van der Waals surface area contributed by atoms with Gasteiger partial charge in [0.15, 0.2) is 0 Å². The summed E-state index contributed by atoms with van der Waals surface area (Å²) < 4.78 is 0. The molecule has 3 heteroatoms. The molecule has 0 unspecified atom stereocenters. The largest absolute Gasteiger partial charge is 2.00 e. The van der Waals surface area contributed by atoms with Crippen molar-refractivity contribution >= 4 is 17.3 Å². The molecule has 0 saturated carbocycles. The third-order valence-corrected chi connectivity index (χ3v) is 0. The summed E-state index contributed by atoms with van der Waals surface area (Å²) in [6, 6.07) is 0. The third kappa shape index (κ3) is 172. The van der Waals surface area contributed by atoms with Crippen LogP contribution in [0.2, 0.25) is 0 Å². The van der Waals surface area contributed by atoms with Gasteiger partial charge in [0.05, 0.1) is 0 Å². The summed E-state index contributed by atoms with van der Waals surface area (Å²) in [7, 11) is 0. The minimum atomic E-state index is 0. The van der Waals surface area contributed by atoms with Crippen LogP contribution in [0.3, 0.4) is 0 Å². The van der Waals surface area contributed by atoms with E-state index < -0.39 is 0 Å². The van der Waals surface area contributed by atoms with Crippen LogP contribution in [-0.4, -0.2) is 5.75 Å². The molecule has 0 aromatic heterocycles. The second-order valence-corrected chi connectivity index (χ2v) is 0.731. The molecule has 0 rings (SSSR count). The topological polar surface area (TPSA) is 17.1 Å². The van der Waals surface area contributed by atoms with Crippen molar-refractivity contribution in [2.24, 2.45) is 0 Å². The van der Waals surface area contributed by atoms with Gasteiger partial charge in [0.25, 0.3) is 0 Å². The fourth-order valence-corrected chi connectivity index (χ4v) is 0. The first-order chi connectivity index (χ1) is 2.83. The van der Waals surface area contributed by atoms with Crippen LogP contribution < -0.4 is 0 Å². The van der Waals surface area contributed by atoms with Crippen molar-refractivity contribution in [1.82, 2.24) is 0 Å². The van der Waals surface area contributed by atoms with Crippen LogP contribution in [0.15, 0.2) is 0 Å². The van der Waals surface area contributed by atoms with Crippen LogP contribution >= 0.6 is 11.6 Å². The van der Waals surface area contributed by atoms with Gasteiger partial charge in [0, 0.05) is 0 Å². The fourth-order valence-electron chi connectivity index (χ4n) is 0. The maximum atomic E-state index is 8.45. The molecule has 0 radical (unpaired) electrons. The fraction of sp³-hybridized carbons (Fsp3) is 0.500. The van der Waals surface area contributed by atoms with Crippen molar-refractivity contribution in [3.8, 4) is 0 Å². The molecule has 0 aromatic rings. The molecular formula is C4H7ClOU. The van der Waals surface area contributed by atoms with Gasteiger partial charge in [0.1, 0.15) is 0 Å². The van der Waals surface area contributed by atoms with Crippen molar-refractivity contribution in [2.45, 2.75) is 13.3 Å². The summed E-state index contributed by atoms with van der Waals surface area (Å²) in [6.45, 7) is 5.50. The van der Waals surface area contributed by atoms with E-state index in [1.807, 2.05) is 6.92 Å². The predicted molar refractivity (Wildman–Crippen MR) is 27.2 cm³/mol. The molecule has 0 heterocycles. The van der Waals surface area contributed by atoms with Crippen molar-refractivity contribution in [3.63, 3.8) is 0 Å². The molecule has 0 N–H and O–H groups in total. The molecule has 0 aromatic carbocycles. The van der Waals surface area contributed by atoms with Gasteiger partial charge < -0.3 is 23.3 Å². The summed E-state index contributed by atoms with van der Waals surface area (Å²) in [5.41, 5.74) is 0. The first-order valence-electron chi connectivity index (χ1n) is 1.60. The van der Waals surface area contributed by atoms with Crippen LogP contribution in [-0.2, 0) is 4.79 Å². The molecule has 0 spiro atoms. The molecule has 0 amide bonds. The second-order valence-electron chi connectivity index (χ2n) is 0.577. The molecule has 0 saturated heterocycles. The van der Waals surface area contributed by atoms with E-state index in [9.17, 15) is 0 Å². The molecule has 0 aliphatic heterocycles. The first-order valence-corrected chi connectivity index (χ1v) is 1.98. The molecule has 0 fully saturated rings. The summed E-state index contributed by atoms with van der Waals surface area (Å²) in [5, 5.41) is 0. The number of hydrogen-bond donors (Lipinski definition) is 0. The minimum absolute atomic E-state index is 0. The molecular weight excluding hydrogens is 338 g/mol. The van der Waals surface area contributed by atoms with Crippen LogP contribution in [0.4, 0.5) is 0 Å². The van der Waals surface area contributed by atoms with Crippen LogP contribution in [0.1, 0.15) is 13.3 Å². The van der Waals surface area contributed by atoms with Crippen molar-refractivity contribution in [3.05, 3.63) is 6.92 Å². The van der Waals surface area contributed by atoms with Crippen molar-refractivity contribution < 1.29 is 35.9 Å². The monoisotopic (exact) mass is 344 g/mol. The normalized spacial score (nSPS) is 4.43. The minimum Gasteiger partial charge on any atom is -0.525 e. The Labute approximate surface area is 73.2 Å². The standard InChI is InChI=1S/C3H7.CClO.U/c1-3-2;2-1-3;/h1,3H2,2H3;;/q2*-1;+2. The molecule has 1 nitrogen and oxygen atoms in total. The van der Waals surface area contributed by atoms with E-state index in [1.54, 1.807) is 0 Å². The quantitative estimate of drug-likeness (QED) is 0.481. The van der Waals surface area contributed by atoms with Gasteiger partial charge in [-0.25, -0.2) is 0 Å². The maximum absolute atomic E-state index is 8.45. The van der Waals surface area contributed by atoms with E-state index in [1.165, 1.54) is 0 Å². The average Bonchev–Trinajstić information content (AvgIpc) is 1.39. The van der Waals surface area contributed by atoms with E-state index in [2.05, 4.69) is 18.5 Å². The number of rotatable bonds is 0. The smallest absolute Gasteiger partial charge is 0.525 e. The van der Waals surface area contributed by atoms with Gasteiger partial charge in [0.2, 0.25) is 0 Å². The van der Waals surface area contributed by atoms with Gasteiger partial charge in [-0.15, -0.1) is 0 Å². The molecule has 40 valence electrons. The molecule has 0 atom stereocenters. The maximum Gasteiger partial charge on any atom is 2.00 e. The Balaban J connectivity index is -0.0000000400. The Morgan fingerprint density at radius 2 is 1.86 bits per heavy atom. The molecule has 0 bridgehead atoms. The number of halogens is 1. The Morgan fingerprint density at radius 3 is 1.86 bits per heavy atom. The van der Waals surface area contributed by atoms with E-state index in [4.69, 9.17) is 4.79 Å². The second kappa shape index (κ2) is 27.9. The predicted octanol–water partition coefficient (Wildman–Crippen LogP) is 1.52. The zero-order chi connectivity index (χ0) is 5.41. The molecule has 0 aliphatic rings. The van der Waals surface area contributed by atoms with Crippen molar-refractivity contribution in [1.29, 1.82) is 0 Å². The Hall–Kier alpha value is 1.01. The van der Waals surface area contributed by atoms with Crippen LogP contribution in [0.25, 0.3) is 0 Å². The SMILES string of the molecule is O=[C-]Cl.[CH2-]CC.[U+2]. The van der Waals surface area contributed by atoms with Gasteiger partial charge in [-0.05, 0) is 0 Å². The van der Waals surface area contributed by atoms with Crippen LogP contribution in [0, 0.1) is 38.0 Å². The molecule has 7 heavy (non-hydrogen) atoms. The summed E-state index contributed by atoms with van der Waals surface area (Å²) in [4.78, 5) is 8.45. The van der Waals surface area contributed by atoms with E-state index in [0.717, 1.165) is 12.2 Å². The van der Waals surface area contributed by atoms with Gasteiger partial charge in [-0.1, -0.05) is 6.92 Å². The van der Waals surface area contributed by atoms with E-state index in [0.29, 0.717) is 0 Å². The average molecular weight is 345 g/mol. The van der Waals surface area contributed by atoms with E-state index >= 15 is 0 Å². The first kappa shape index (κ1) is 15.7. The number of hydrogen-bond acceptors (Lipinski definition) is 1. The summed E-state index contributed by atoms with van der Waals surface area (Å²) >= 11 is 4.19. The van der Waals surface area contributed by atoms with Gasteiger partial charge in [-0.2, -0.15) is 12.2 Å². The molecule has 0 aliphatic carbocycles. The van der Waals surface area contributed by atoms with Crippen molar-refractivity contribution in [2.75, 3.05) is 0 Å². The van der Waals surface area contributed by atoms with Gasteiger partial charge in [-0.3, -0.25) is 0 Å². The Morgan fingerprint density at radius 1 is 1.86 bits per heavy atom. The third-order valence-electron chi connectivity index (χ3n) is 0.